The highest BCUT2D eigenvalue weighted by Gasteiger charge is 2.09. The van der Waals surface area contributed by atoms with Crippen LogP contribution in [-0.2, 0) is 0 Å². The topological polar surface area (TPSA) is 67.1 Å². The van der Waals surface area contributed by atoms with Crippen LogP contribution in [0.15, 0.2) is 16.7 Å². The molecule has 102 valence electrons. The predicted molar refractivity (Wildman–Crippen MR) is 74.9 cm³/mol. The van der Waals surface area contributed by atoms with Crippen LogP contribution in [0.3, 0.4) is 0 Å². The molecule has 0 saturated heterocycles. The van der Waals surface area contributed by atoms with Gasteiger partial charge in [-0.2, -0.15) is 4.98 Å². The number of nitrogens with zero attached hydrogens (tertiary/aromatic N) is 4. The average molecular weight is 261 g/mol. The van der Waals surface area contributed by atoms with E-state index in [-0.39, 0.29) is 0 Å². The summed E-state index contributed by atoms with van der Waals surface area (Å²) in [4.78, 5) is 11.0. The maximum absolute atomic E-state index is 5.01. The molecule has 1 N–H and O–H groups in total. The Bertz CT molecular complexity index is 548. The van der Waals surface area contributed by atoms with Crippen molar-refractivity contribution in [2.24, 2.45) is 0 Å². The van der Waals surface area contributed by atoms with Crippen LogP contribution in [-0.4, -0.2) is 28.2 Å². The van der Waals surface area contributed by atoms with E-state index in [4.69, 9.17) is 4.52 Å². The molecule has 2 heterocycles. The molecule has 0 aliphatic carbocycles. The largest absolute Gasteiger partial charge is 0.360 e. The number of nitrogens with one attached hydrogen (secondary N) is 1. The second-order valence-corrected chi connectivity index (χ2v) is 4.31. The van der Waals surface area contributed by atoms with Gasteiger partial charge in [-0.3, -0.25) is 0 Å². The van der Waals surface area contributed by atoms with Crippen LogP contribution in [0.5, 0.6) is 0 Å². The Hall–Kier alpha value is -2.11. The molecule has 0 aliphatic heterocycles. The van der Waals surface area contributed by atoms with Crippen molar-refractivity contribution in [1.82, 2.24) is 15.1 Å². The molecule has 0 amide bonds. The van der Waals surface area contributed by atoms with Crippen LogP contribution < -0.4 is 10.2 Å². The lowest BCUT2D eigenvalue weighted by molar-refractivity contribution is 0.400. The highest BCUT2D eigenvalue weighted by molar-refractivity contribution is 5.51. The summed E-state index contributed by atoms with van der Waals surface area (Å²) in [6.45, 7) is 9.83. The first kappa shape index (κ1) is 13.3. The molecule has 19 heavy (non-hydrogen) atoms. The summed E-state index contributed by atoms with van der Waals surface area (Å²) in [5.74, 6) is 2.82. The zero-order valence-corrected chi connectivity index (χ0v) is 11.8. The van der Waals surface area contributed by atoms with Crippen LogP contribution in [0.2, 0.25) is 0 Å². The van der Waals surface area contributed by atoms with Crippen molar-refractivity contribution in [2.75, 3.05) is 23.3 Å². The van der Waals surface area contributed by atoms with Gasteiger partial charge in [-0.05, 0) is 27.7 Å². The summed E-state index contributed by atoms with van der Waals surface area (Å²) in [6.07, 6.45) is 0. The molecule has 0 saturated carbocycles. The van der Waals surface area contributed by atoms with E-state index >= 15 is 0 Å². The average Bonchev–Trinajstić information content (AvgIpc) is 2.75. The van der Waals surface area contributed by atoms with Gasteiger partial charge in [0.2, 0.25) is 5.95 Å². The van der Waals surface area contributed by atoms with E-state index in [1.54, 1.807) is 0 Å². The second-order valence-electron chi connectivity index (χ2n) is 4.31. The third-order valence-electron chi connectivity index (χ3n) is 2.80. The number of aromatic nitrogens is 3. The van der Waals surface area contributed by atoms with E-state index in [0.717, 1.165) is 30.4 Å². The fourth-order valence-electron chi connectivity index (χ4n) is 1.86. The molecule has 2 aromatic heterocycles. The summed E-state index contributed by atoms with van der Waals surface area (Å²) in [7, 11) is 0. The summed E-state index contributed by atoms with van der Waals surface area (Å²) in [5.41, 5.74) is 0.916. The Kier molecular flexibility index (Phi) is 3.99. The van der Waals surface area contributed by atoms with Crippen molar-refractivity contribution >= 4 is 17.6 Å². The quantitative estimate of drug-likeness (QED) is 0.892. The molecule has 2 rings (SSSR count). The fraction of sp³-hybridized carbons (Fsp3) is 0.462. The number of hydrogen-bond acceptors (Lipinski definition) is 6. The Morgan fingerprint density at radius 2 is 1.89 bits per heavy atom. The summed E-state index contributed by atoms with van der Waals surface area (Å²) < 4.78 is 5.01. The molecule has 6 heteroatoms. The van der Waals surface area contributed by atoms with Gasteiger partial charge < -0.3 is 14.7 Å². The van der Waals surface area contributed by atoms with Crippen LogP contribution in [0, 0.1) is 13.8 Å². The Morgan fingerprint density at radius 1 is 1.16 bits per heavy atom. The smallest absolute Gasteiger partial charge is 0.230 e. The predicted octanol–water partition coefficient (Wildman–Crippen LogP) is 2.67. The molecule has 2 aromatic rings. The van der Waals surface area contributed by atoms with Gasteiger partial charge in [0.1, 0.15) is 11.6 Å². The normalized spacial score (nSPS) is 10.5. The van der Waals surface area contributed by atoms with Crippen molar-refractivity contribution < 1.29 is 4.52 Å². The lowest BCUT2D eigenvalue weighted by atomic mass is 10.4. The number of rotatable bonds is 5. The lowest BCUT2D eigenvalue weighted by Crippen LogP contribution is -2.23. The zero-order chi connectivity index (χ0) is 13.8. The van der Waals surface area contributed by atoms with Crippen molar-refractivity contribution in [3.05, 3.63) is 23.6 Å². The maximum atomic E-state index is 5.01. The van der Waals surface area contributed by atoms with E-state index in [2.05, 4.69) is 39.2 Å². The van der Waals surface area contributed by atoms with E-state index in [0.29, 0.717) is 11.8 Å². The first-order chi connectivity index (χ1) is 9.12. The summed E-state index contributed by atoms with van der Waals surface area (Å²) >= 11 is 0. The van der Waals surface area contributed by atoms with Crippen LogP contribution in [0.25, 0.3) is 0 Å². The van der Waals surface area contributed by atoms with Crippen LogP contribution in [0.1, 0.15) is 25.3 Å². The molecule has 0 atom stereocenters. The molecule has 0 unspecified atom stereocenters. The maximum Gasteiger partial charge on any atom is 0.230 e. The van der Waals surface area contributed by atoms with Gasteiger partial charge in [-0.25, -0.2) is 4.98 Å². The highest BCUT2D eigenvalue weighted by Crippen LogP contribution is 2.18. The van der Waals surface area contributed by atoms with Gasteiger partial charge in [0.05, 0.1) is 0 Å². The Morgan fingerprint density at radius 3 is 2.47 bits per heavy atom. The molecule has 0 aliphatic rings. The van der Waals surface area contributed by atoms with Crippen molar-refractivity contribution in [2.45, 2.75) is 27.7 Å². The molecule has 0 radical (unpaired) electrons. The number of anilines is 3. The molecule has 6 nitrogen and oxygen atoms in total. The summed E-state index contributed by atoms with van der Waals surface area (Å²) in [6, 6.07) is 3.79. The molecular formula is C13H19N5O. The lowest BCUT2D eigenvalue weighted by Gasteiger charge is -2.20. The van der Waals surface area contributed by atoms with Crippen molar-refractivity contribution in [3.63, 3.8) is 0 Å². The van der Waals surface area contributed by atoms with E-state index < -0.39 is 0 Å². The van der Waals surface area contributed by atoms with Gasteiger partial charge >= 0.3 is 0 Å². The van der Waals surface area contributed by atoms with E-state index in [1.807, 2.05) is 26.0 Å². The Labute approximate surface area is 112 Å². The number of aryl methyl sites for hydroxylation is 2. The molecular weight excluding hydrogens is 242 g/mol. The molecule has 0 aromatic carbocycles. The summed E-state index contributed by atoms with van der Waals surface area (Å²) in [5, 5.41) is 6.93. The Balaban J connectivity index is 2.25. The minimum atomic E-state index is 0.537. The highest BCUT2D eigenvalue weighted by atomic mass is 16.5. The molecule has 0 spiro atoms. The third kappa shape index (κ3) is 3.21. The van der Waals surface area contributed by atoms with E-state index in [1.165, 1.54) is 0 Å². The third-order valence-corrected chi connectivity index (χ3v) is 2.80. The minimum absolute atomic E-state index is 0.537. The van der Waals surface area contributed by atoms with Crippen molar-refractivity contribution in [1.29, 1.82) is 0 Å². The van der Waals surface area contributed by atoms with Gasteiger partial charge in [0.25, 0.3) is 0 Å². The SMILES string of the molecule is CCN(CC)c1cc(C)nc(Nc2cc(C)on2)n1. The second kappa shape index (κ2) is 5.69. The number of hydrogen-bond donors (Lipinski definition) is 1. The molecule has 0 fully saturated rings. The standard InChI is InChI=1S/C13H19N5O/c1-5-18(6-2)12-7-9(3)14-13(16-12)15-11-8-10(4)19-17-11/h7-8H,5-6H2,1-4H3,(H,14,15,16,17). The zero-order valence-electron chi connectivity index (χ0n) is 11.8. The van der Waals surface area contributed by atoms with Gasteiger partial charge in [0.15, 0.2) is 5.82 Å². The fourth-order valence-corrected chi connectivity index (χ4v) is 1.86. The molecule has 0 bridgehead atoms. The van der Waals surface area contributed by atoms with E-state index in [9.17, 15) is 0 Å². The first-order valence-electron chi connectivity index (χ1n) is 6.43. The van der Waals surface area contributed by atoms with Crippen LogP contribution >= 0.6 is 0 Å². The van der Waals surface area contributed by atoms with Crippen molar-refractivity contribution in [3.8, 4) is 0 Å². The van der Waals surface area contributed by atoms with Gasteiger partial charge in [-0.15, -0.1) is 0 Å². The van der Waals surface area contributed by atoms with Crippen LogP contribution in [0.4, 0.5) is 17.6 Å². The van der Waals surface area contributed by atoms with Gasteiger partial charge in [0, 0.05) is 30.9 Å². The first-order valence-corrected chi connectivity index (χ1v) is 6.43. The monoisotopic (exact) mass is 261 g/mol. The minimum Gasteiger partial charge on any atom is -0.360 e. The van der Waals surface area contributed by atoms with Gasteiger partial charge in [-0.1, -0.05) is 5.16 Å².